The van der Waals surface area contributed by atoms with E-state index in [1.807, 2.05) is 30.3 Å². The Labute approximate surface area is 159 Å². The van der Waals surface area contributed by atoms with Crippen LogP contribution < -0.4 is 10.2 Å². The van der Waals surface area contributed by atoms with Crippen LogP contribution in [0.4, 0.5) is 5.95 Å². The van der Waals surface area contributed by atoms with Crippen LogP contribution in [0.2, 0.25) is 0 Å². The Kier molecular flexibility index (Phi) is 5.28. The number of nitrogens with one attached hydrogen (secondary N) is 1. The second-order valence-corrected chi connectivity index (χ2v) is 6.99. The standard InChI is InChI=1S/C22H24N4O/c27-21(15-18-9-6-8-17-7-2-3-10-20(17)18)24-16-19-11-12-23-22(25-19)26-13-4-1-5-14-26/h2-3,6-12H,1,4-5,13-16H2,(H,24,27). The minimum Gasteiger partial charge on any atom is -0.350 e. The van der Waals surface area contributed by atoms with Gasteiger partial charge in [-0.15, -0.1) is 0 Å². The number of rotatable bonds is 5. The van der Waals surface area contributed by atoms with Crippen molar-refractivity contribution in [3.8, 4) is 0 Å². The highest BCUT2D eigenvalue weighted by atomic mass is 16.1. The summed E-state index contributed by atoms with van der Waals surface area (Å²) in [5.41, 5.74) is 1.89. The molecule has 5 nitrogen and oxygen atoms in total. The first-order valence-electron chi connectivity index (χ1n) is 9.60. The number of hydrogen-bond acceptors (Lipinski definition) is 4. The number of anilines is 1. The van der Waals surface area contributed by atoms with Crippen molar-refractivity contribution in [3.05, 3.63) is 66.0 Å². The van der Waals surface area contributed by atoms with E-state index in [0.29, 0.717) is 13.0 Å². The van der Waals surface area contributed by atoms with E-state index in [-0.39, 0.29) is 5.91 Å². The Balaban J connectivity index is 1.39. The lowest BCUT2D eigenvalue weighted by molar-refractivity contribution is -0.120. The normalized spacial score (nSPS) is 14.3. The molecule has 1 amide bonds. The summed E-state index contributed by atoms with van der Waals surface area (Å²) in [5, 5.41) is 5.28. The van der Waals surface area contributed by atoms with E-state index in [1.54, 1.807) is 6.20 Å². The first-order chi connectivity index (χ1) is 13.3. The maximum absolute atomic E-state index is 12.5. The fourth-order valence-electron chi connectivity index (χ4n) is 3.60. The zero-order valence-electron chi connectivity index (χ0n) is 15.4. The van der Waals surface area contributed by atoms with Gasteiger partial charge in [0.05, 0.1) is 18.7 Å². The van der Waals surface area contributed by atoms with Crippen molar-refractivity contribution >= 4 is 22.6 Å². The number of hydrogen-bond donors (Lipinski definition) is 1. The van der Waals surface area contributed by atoms with Crippen molar-refractivity contribution in [3.63, 3.8) is 0 Å². The number of carbonyl (C=O) groups is 1. The Morgan fingerprint density at radius 3 is 2.70 bits per heavy atom. The molecule has 2 heterocycles. The molecule has 0 bridgehead atoms. The van der Waals surface area contributed by atoms with Crippen LogP contribution in [0.3, 0.4) is 0 Å². The summed E-state index contributed by atoms with van der Waals surface area (Å²) >= 11 is 0. The highest BCUT2D eigenvalue weighted by Crippen LogP contribution is 2.19. The van der Waals surface area contributed by atoms with Crippen LogP contribution in [0, 0.1) is 0 Å². The van der Waals surface area contributed by atoms with Gasteiger partial charge in [-0.2, -0.15) is 0 Å². The number of amides is 1. The molecule has 1 aliphatic heterocycles. The van der Waals surface area contributed by atoms with E-state index in [1.165, 1.54) is 19.3 Å². The summed E-state index contributed by atoms with van der Waals surface area (Å²) in [4.78, 5) is 23.7. The molecular formula is C22H24N4O. The number of carbonyl (C=O) groups excluding carboxylic acids is 1. The van der Waals surface area contributed by atoms with Crippen molar-refractivity contribution in [2.45, 2.75) is 32.2 Å². The molecule has 0 saturated carbocycles. The van der Waals surface area contributed by atoms with Gasteiger partial charge in [-0.3, -0.25) is 4.79 Å². The van der Waals surface area contributed by atoms with Gasteiger partial charge in [-0.05, 0) is 41.7 Å². The Hall–Kier alpha value is -2.95. The van der Waals surface area contributed by atoms with Gasteiger partial charge in [-0.1, -0.05) is 42.5 Å². The minimum absolute atomic E-state index is 0.00416. The van der Waals surface area contributed by atoms with Gasteiger partial charge in [0.15, 0.2) is 0 Å². The molecule has 1 saturated heterocycles. The number of piperidine rings is 1. The maximum atomic E-state index is 12.5. The van der Waals surface area contributed by atoms with Crippen LogP contribution in [0.25, 0.3) is 10.8 Å². The van der Waals surface area contributed by atoms with Crippen molar-refractivity contribution in [2.75, 3.05) is 18.0 Å². The third-order valence-corrected chi connectivity index (χ3v) is 5.04. The van der Waals surface area contributed by atoms with Gasteiger partial charge in [0, 0.05) is 19.3 Å². The predicted octanol–water partition coefficient (Wildman–Crippen LogP) is 3.48. The van der Waals surface area contributed by atoms with Crippen LogP contribution in [0.15, 0.2) is 54.7 Å². The van der Waals surface area contributed by atoms with Gasteiger partial charge >= 0.3 is 0 Å². The summed E-state index contributed by atoms with van der Waals surface area (Å²) in [6, 6.07) is 16.1. The maximum Gasteiger partial charge on any atom is 0.225 e. The molecule has 1 N–H and O–H groups in total. The number of aromatic nitrogens is 2. The lowest BCUT2D eigenvalue weighted by atomic mass is 10.0. The minimum atomic E-state index is 0.00416. The summed E-state index contributed by atoms with van der Waals surface area (Å²) in [7, 11) is 0. The fraction of sp³-hybridized carbons (Fsp3) is 0.318. The van der Waals surface area contributed by atoms with E-state index in [9.17, 15) is 4.79 Å². The average Bonchev–Trinajstić information content (AvgIpc) is 2.73. The quantitative estimate of drug-likeness (QED) is 0.757. The number of benzene rings is 2. The predicted molar refractivity (Wildman–Crippen MR) is 108 cm³/mol. The van der Waals surface area contributed by atoms with Crippen molar-refractivity contribution in [1.82, 2.24) is 15.3 Å². The summed E-state index contributed by atoms with van der Waals surface area (Å²) < 4.78 is 0. The molecule has 0 unspecified atom stereocenters. The molecule has 0 aliphatic carbocycles. The van der Waals surface area contributed by atoms with Crippen LogP contribution in [-0.2, 0) is 17.8 Å². The molecule has 0 spiro atoms. The van der Waals surface area contributed by atoms with Crippen LogP contribution in [0.1, 0.15) is 30.5 Å². The van der Waals surface area contributed by atoms with Crippen LogP contribution >= 0.6 is 0 Å². The van der Waals surface area contributed by atoms with Gasteiger partial charge in [0.25, 0.3) is 0 Å². The molecule has 1 aromatic heterocycles. The fourth-order valence-corrected chi connectivity index (χ4v) is 3.60. The largest absolute Gasteiger partial charge is 0.350 e. The van der Waals surface area contributed by atoms with Crippen LogP contribution in [0.5, 0.6) is 0 Å². The first-order valence-corrected chi connectivity index (χ1v) is 9.60. The van der Waals surface area contributed by atoms with E-state index in [0.717, 1.165) is 41.1 Å². The second-order valence-electron chi connectivity index (χ2n) is 6.99. The molecule has 2 aromatic carbocycles. The molecule has 1 fully saturated rings. The van der Waals surface area contributed by atoms with E-state index in [2.05, 4.69) is 38.4 Å². The lowest BCUT2D eigenvalue weighted by Gasteiger charge is -2.26. The summed E-state index contributed by atoms with van der Waals surface area (Å²) in [6.45, 7) is 2.45. The molecule has 27 heavy (non-hydrogen) atoms. The molecule has 0 radical (unpaired) electrons. The highest BCUT2D eigenvalue weighted by Gasteiger charge is 2.14. The molecule has 138 valence electrons. The first kappa shape index (κ1) is 17.5. The number of fused-ring (bicyclic) bond motifs is 1. The molecule has 5 heteroatoms. The smallest absolute Gasteiger partial charge is 0.225 e. The monoisotopic (exact) mass is 360 g/mol. The Morgan fingerprint density at radius 1 is 1.00 bits per heavy atom. The van der Waals surface area contributed by atoms with E-state index < -0.39 is 0 Å². The van der Waals surface area contributed by atoms with E-state index >= 15 is 0 Å². The molecule has 1 aliphatic rings. The van der Waals surface area contributed by atoms with E-state index in [4.69, 9.17) is 0 Å². The third kappa shape index (κ3) is 4.25. The van der Waals surface area contributed by atoms with Crippen molar-refractivity contribution in [2.24, 2.45) is 0 Å². The third-order valence-electron chi connectivity index (χ3n) is 5.04. The number of nitrogens with zero attached hydrogens (tertiary/aromatic N) is 3. The molecular weight excluding hydrogens is 336 g/mol. The van der Waals surface area contributed by atoms with Crippen molar-refractivity contribution < 1.29 is 4.79 Å². The highest BCUT2D eigenvalue weighted by molar-refractivity contribution is 5.90. The Morgan fingerprint density at radius 2 is 1.81 bits per heavy atom. The summed E-state index contributed by atoms with van der Waals surface area (Å²) in [6.07, 6.45) is 5.81. The molecule has 3 aromatic rings. The Bertz CT molecular complexity index is 929. The van der Waals surface area contributed by atoms with Crippen LogP contribution in [-0.4, -0.2) is 29.0 Å². The SMILES string of the molecule is O=C(Cc1cccc2ccccc12)NCc1ccnc(N2CCCCC2)n1. The average molecular weight is 360 g/mol. The second kappa shape index (κ2) is 8.16. The van der Waals surface area contributed by atoms with Gasteiger partial charge < -0.3 is 10.2 Å². The zero-order valence-corrected chi connectivity index (χ0v) is 15.4. The molecule has 4 rings (SSSR count). The van der Waals surface area contributed by atoms with Crippen molar-refractivity contribution in [1.29, 1.82) is 0 Å². The zero-order chi connectivity index (χ0) is 18.5. The topological polar surface area (TPSA) is 58.1 Å². The van der Waals surface area contributed by atoms with Gasteiger partial charge in [0.1, 0.15) is 0 Å². The van der Waals surface area contributed by atoms with Gasteiger partial charge in [0.2, 0.25) is 11.9 Å². The summed E-state index contributed by atoms with van der Waals surface area (Å²) in [5.74, 6) is 0.778. The van der Waals surface area contributed by atoms with Gasteiger partial charge in [-0.25, -0.2) is 9.97 Å². The lowest BCUT2D eigenvalue weighted by Crippen LogP contribution is -2.31. The molecule has 0 atom stereocenters.